The summed E-state index contributed by atoms with van der Waals surface area (Å²) in [5.74, 6) is 2.23. The lowest BCUT2D eigenvalue weighted by Gasteiger charge is -2.41. The summed E-state index contributed by atoms with van der Waals surface area (Å²) in [5, 5.41) is 3.15. The number of hydrogen-bond donors (Lipinski definition) is 1. The molecule has 0 spiro atoms. The maximum atomic E-state index is 12.8. The van der Waals surface area contributed by atoms with E-state index in [0.717, 1.165) is 36.1 Å². The van der Waals surface area contributed by atoms with Gasteiger partial charge in [-0.25, -0.2) is 0 Å². The van der Waals surface area contributed by atoms with Crippen LogP contribution in [0.2, 0.25) is 0 Å². The number of nitrogens with one attached hydrogen (secondary N) is 1. The number of para-hydroxylation sites is 1. The molecule has 1 aliphatic rings. The summed E-state index contributed by atoms with van der Waals surface area (Å²) in [4.78, 5) is 12.8. The number of carbonyl (C=O) groups is 1. The van der Waals surface area contributed by atoms with E-state index in [-0.39, 0.29) is 17.6 Å². The van der Waals surface area contributed by atoms with Gasteiger partial charge in [0.15, 0.2) is 11.5 Å². The lowest BCUT2D eigenvalue weighted by molar-refractivity contribution is -0.117. The number of fused-ring (bicyclic) bond motifs is 1. The number of ether oxygens (including phenoxy) is 4. The van der Waals surface area contributed by atoms with Gasteiger partial charge in [0.2, 0.25) is 11.7 Å². The van der Waals surface area contributed by atoms with Gasteiger partial charge in [0.25, 0.3) is 0 Å². The van der Waals surface area contributed by atoms with E-state index in [1.54, 1.807) is 33.5 Å². The molecule has 1 unspecified atom stereocenters. The number of benzene rings is 2. The number of methoxy groups -OCH3 is 3. The van der Waals surface area contributed by atoms with Gasteiger partial charge in [-0.2, -0.15) is 0 Å². The van der Waals surface area contributed by atoms with Crippen LogP contribution in [0.3, 0.4) is 0 Å². The second kappa shape index (κ2) is 9.77. The quantitative estimate of drug-likeness (QED) is 0.608. The number of rotatable bonds is 8. The molecule has 0 aromatic heterocycles. The molecule has 1 N–H and O–H groups in total. The van der Waals surface area contributed by atoms with Crippen molar-refractivity contribution in [1.29, 1.82) is 0 Å². The zero-order chi connectivity index (χ0) is 22.4. The van der Waals surface area contributed by atoms with Crippen LogP contribution in [0.5, 0.6) is 23.0 Å². The Hall–Kier alpha value is -3.15. The van der Waals surface area contributed by atoms with E-state index in [4.69, 9.17) is 18.9 Å². The van der Waals surface area contributed by atoms with Crippen LogP contribution in [0.4, 0.5) is 0 Å². The third-order valence-corrected chi connectivity index (χ3v) is 5.95. The summed E-state index contributed by atoms with van der Waals surface area (Å²) < 4.78 is 22.5. The van der Waals surface area contributed by atoms with Crippen molar-refractivity contribution in [3.8, 4) is 23.0 Å². The standard InChI is InChI=1S/C25H31NO5/c1-6-25(7-2)16-19(18-10-8-9-11-20(18)31-25)26-22(27)15-13-17-12-14-21(28-3)24(30-5)23(17)29-4/h8-15,19H,6-7,16H2,1-5H3,(H,26,27)/b15-13+. The summed E-state index contributed by atoms with van der Waals surface area (Å²) in [5.41, 5.74) is 1.45. The van der Waals surface area contributed by atoms with Gasteiger partial charge in [0, 0.05) is 23.6 Å². The first-order valence-corrected chi connectivity index (χ1v) is 10.6. The van der Waals surface area contributed by atoms with Crippen molar-refractivity contribution in [2.45, 2.75) is 44.8 Å². The minimum Gasteiger partial charge on any atom is -0.493 e. The summed E-state index contributed by atoms with van der Waals surface area (Å²) in [6.45, 7) is 4.25. The summed E-state index contributed by atoms with van der Waals surface area (Å²) in [7, 11) is 4.68. The van der Waals surface area contributed by atoms with Gasteiger partial charge in [-0.3, -0.25) is 4.79 Å². The zero-order valence-corrected chi connectivity index (χ0v) is 18.9. The Bertz CT molecular complexity index is 949. The van der Waals surface area contributed by atoms with Crippen LogP contribution in [0.1, 0.15) is 50.3 Å². The van der Waals surface area contributed by atoms with Crippen molar-refractivity contribution in [2.24, 2.45) is 0 Å². The van der Waals surface area contributed by atoms with Crippen LogP contribution in [0, 0.1) is 0 Å². The molecule has 0 radical (unpaired) electrons. The summed E-state index contributed by atoms with van der Waals surface area (Å²) >= 11 is 0. The van der Waals surface area contributed by atoms with Crippen LogP contribution < -0.4 is 24.3 Å². The first kappa shape index (κ1) is 22.5. The predicted octanol–water partition coefficient (Wildman–Crippen LogP) is 4.92. The van der Waals surface area contributed by atoms with E-state index in [0.29, 0.717) is 17.2 Å². The maximum absolute atomic E-state index is 12.8. The smallest absolute Gasteiger partial charge is 0.244 e. The van der Waals surface area contributed by atoms with Crippen molar-refractivity contribution in [1.82, 2.24) is 5.32 Å². The van der Waals surface area contributed by atoms with E-state index in [1.165, 1.54) is 6.08 Å². The molecule has 1 aliphatic heterocycles. The van der Waals surface area contributed by atoms with Crippen LogP contribution in [0.25, 0.3) is 6.08 Å². The third-order valence-electron chi connectivity index (χ3n) is 5.95. The van der Waals surface area contributed by atoms with Crippen LogP contribution in [-0.2, 0) is 4.79 Å². The molecule has 1 heterocycles. The van der Waals surface area contributed by atoms with Crippen molar-refractivity contribution in [3.63, 3.8) is 0 Å². The lowest BCUT2D eigenvalue weighted by atomic mass is 9.83. The van der Waals surface area contributed by atoms with Crippen LogP contribution in [0.15, 0.2) is 42.5 Å². The maximum Gasteiger partial charge on any atom is 0.244 e. The second-order valence-electron chi connectivity index (χ2n) is 7.55. The lowest BCUT2D eigenvalue weighted by Crippen LogP contribution is -2.44. The third kappa shape index (κ3) is 4.63. The highest BCUT2D eigenvalue weighted by molar-refractivity contribution is 5.92. The highest BCUT2D eigenvalue weighted by atomic mass is 16.5. The fourth-order valence-electron chi connectivity index (χ4n) is 4.07. The van der Waals surface area contributed by atoms with Gasteiger partial charge in [-0.1, -0.05) is 32.0 Å². The highest BCUT2D eigenvalue weighted by Gasteiger charge is 2.38. The Morgan fingerprint density at radius 3 is 2.42 bits per heavy atom. The van der Waals surface area contributed by atoms with E-state index in [2.05, 4.69) is 19.2 Å². The average molecular weight is 426 g/mol. The largest absolute Gasteiger partial charge is 0.493 e. The van der Waals surface area contributed by atoms with Crippen molar-refractivity contribution in [3.05, 3.63) is 53.6 Å². The minimum absolute atomic E-state index is 0.116. The summed E-state index contributed by atoms with van der Waals surface area (Å²) in [6, 6.07) is 11.4. The molecule has 1 amide bonds. The normalized spacial score (nSPS) is 16.9. The second-order valence-corrected chi connectivity index (χ2v) is 7.55. The molecule has 31 heavy (non-hydrogen) atoms. The van der Waals surface area contributed by atoms with Gasteiger partial charge in [0.1, 0.15) is 11.4 Å². The summed E-state index contributed by atoms with van der Waals surface area (Å²) in [6.07, 6.45) is 5.72. The molecule has 1 atom stereocenters. The molecule has 0 bridgehead atoms. The molecule has 0 fully saturated rings. The highest BCUT2D eigenvalue weighted by Crippen LogP contribution is 2.43. The van der Waals surface area contributed by atoms with E-state index >= 15 is 0 Å². The molecule has 3 rings (SSSR count). The molecule has 0 saturated carbocycles. The fraction of sp³-hybridized carbons (Fsp3) is 0.400. The Kier molecular flexibility index (Phi) is 7.10. The van der Waals surface area contributed by atoms with Gasteiger partial charge < -0.3 is 24.3 Å². The van der Waals surface area contributed by atoms with Crippen molar-refractivity contribution in [2.75, 3.05) is 21.3 Å². The Morgan fingerprint density at radius 1 is 1.06 bits per heavy atom. The van der Waals surface area contributed by atoms with Gasteiger partial charge in [-0.15, -0.1) is 0 Å². The van der Waals surface area contributed by atoms with Gasteiger partial charge >= 0.3 is 0 Å². The first-order valence-electron chi connectivity index (χ1n) is 10.6. The molecule has 2 aromatic carbocycles. The Labute approximate surface area is 184 Å². The molecule has 166 valence electrons. The van der Waals surface area contributed by atoms with Crippen LogP contribution in [-0.4, -0.2) is 32.8 Å². The molecule has 6 heteroatoms. The Balaban J connectivity index is 1.83. The van der Waals surface area contributed by atoms with Crippen molar-refractivity contribution < 1.29 is 23.7 Å². The zero-order valence-electron chi connectivity index (χ0n) is 18.9. The van der Waals surface area contributed by atoms with Crippen LogP contribution >= 0.6 is 0 Å². The molecular weight excluding hydrogens is 394 g/mol. The predicted molar refractivity (Wildman–Crippen MR) is 121 cm³/mol. The topological polar surface area (TPSA) is 66.0 Å². The molecule has 0 aliphatic carbocycles. The van der Waals surface area contributed by atoms with E-state index in [9.17, 15) is 4.79 Å². The number of hydrogen-bond acceptors (Lipinski definition) is 5. The fourth-order valence-corrected chi connectivity index (χ4v) is 4.07. The SMILES string of the molecule is CCC1(CC)CC(NC(=O)/C=C/c2ccc(OC)c(OC)c2OC)c2ccccc2O1. The molecule has 2 aromatic rings. The van der Waals surface area contributed by atoms with Gasteiger partial charge in [-0.05, 0) is 37.1 Å². The monoisotopic (exact) mass is 425 g/mol. The van der Waals surface area contributed by atoms with E-state index in [1.807, 2.05) is 30.3 Å². The minimum atomic E-state index is -0.275. The molecular formula is C25H31NO5. The number of carbonyl (C=O) groups excluding carboxylic acids is 1. The molecule has 0 saturated heterocycles. The molecule has 6 nitrogen and oxygen atoms in total. The van der Waals surface area contributed by atoms with Crippen molar-refractivity contribution >= 4 is 12.0 Å². The Morgan fingerprint density at radius 2 is 1.77 bits per heavy atom. The average Bonchev–Trinajstić information content (AvgIpc) is 2.81. The first-order chi connectivity index (χ1) is 15.0. The van der Waals surface area contributed by atoms with E-state index < -0.39 is 0 Å². The van der Waals surface area contributed by atoms with Gasteiger partial charge in [0.05, 0.1) is 27.4 Å². The number of amides is 1.